The zero-order valence-electron chi connectivity index (χ0n) is 16.7. The Morgan fingerprint density at radius 3 is 2.60 bits per heavy atom. The molecule has 3 amide bonds. The summed E-state index contributed by atoms with van der Waals surface area (Å²) in [5, 5.41) is 2.68. The summed E-state index contributed by atoms with van der Waals surface area (Å²) in [4.78, 5) is 41.3. The molecule has 8 nitrogen and oxygen atoms in total. The van der Waals surface area contributed by atoms with E-state index in [1.54, 1.807) is 29.2 Å². The van der Waals surface area contributed by atoms with Crippen molar-refractivity contribution in [3.05, 3.63) is 48.4 Å². The number of para-hydroxylation sites is 2. The SMILES string of the molecule is O=C(NCCC(=O)N1C[C@@H](C(=O)N2CCCCC2)Oc2ccccc21)c1ccco1. The summed E-state index contributed by atoms with van der Waals surface area (Å²) < 4.78 is 11.0. The Kier molecular flexibility index (Phi) is 6.02. The number of nitrogens with one attached hydrogen (secondary N) is 1. The fourth-order valence-corrected chi connectivity index (χ4v) is 3.83. The van der Waals surface area contributed by atoms with Gasteiger partial charge in [-0.1, -0.05) is 12.1 Å². The second-order valence-corrected chi connectivity index (χ2v) is 7.45. The summed E-state index contributed by atoms with van der Waals surface area (Å²) in [6, 6.07) is 10.4. The second-order valence-electron chi connectivity index (χ2n) is 7.45. The Hall–Kier alpha value is -3.29. The number of piperidine rings is 1. The molecule has 4 rings (SSSR count). The topological polar surface area (TPSA) is 92.1 Å². The number of likely N-dealkylation sites (tertiary alicyclic amines) is 1. The van der Waals surface area contributed by atoms with E-state index in [2.05, 4.69) is 5.32 Å². The minimum absolute atomic E-state index is 0.0758. The summed E-state index contributed by atoms with van der Waals surface area (Å²) in [7, 11) is 0. The number of ether oxygens (including phenoxy) is 1. The maximum atomic E-state index is 13.0. The first-order valence-corrected chi connectivity index (χ1v) is 10.3. The molecule has 158 valence electrons. The lowest BCUT2D eigenvalue weighted by Crippen LogP contribution is -2.53. The van der Waals surface area contributed by atoms with E-state index in [-0.39, 0.29) is 43.0 Å². The maximum Gasteiger partial charge on any atom is 0.286 e. The molecular formula is C22H25N3O5. The number of amides is 3. The van der Waals surface area contributed by atoms with Crippen LogP contribution in [0.5, 0.6) is 5.75 Å². The Morgan fingerprint density at radius 2 is 1.83 bits per heavy atom. The van der Waals surface area contributed by atoms with Crippen LogP contribution in [0.4, 0.5) is 5.69 Å². The van der Waals surface area contributed by atoms with Crippen LogP contribution in [0.25, 0.3) is 0 Å². The van der Waals surface area contributed by atoms with Gasteiger partial charge in [-0.2, -0.15) is 0 Å². The molecule has 0 spiro atoms. The van der Waals surface area contributed by atoms with Gasteiger partial charge in [0, 0.05) is 26.1 Å². The lowest BCUT2D eigenvalue weighted by atomic mass is 10.1. The number of hydrogen-bond acceptors (Lipinski definition) is 5. The smallest absolute Gasteiger partial charge is 0.286 e. The molecule has 1 aromatic heterocycles. The van der Waals surface area contributed by atoms with Gasteiger partial charge in [0.1, 0.15) is 5.75 Å². The molecule has 0 saturated carbocycles. The number of carbonyl (C=O) groups is 3. The fourth-order valence-electron chi connectivity index (χ4n) is 3.83. The molecule has 2 aliphatic heterocycles. The first-order chi connectivity index (χ1) is 14.6. The lowest BCUT2D eigenvalue weighted by molar-refractivity contribution is -0.139. The number of furan rings is 1. The van der Waals surface area contributed by atoms with E-state index in [9.17, 15) is 14.4 Å². The molecule has 1 saturated heterocycles. The van der Waals surface area contributed by atoms with Gasteiger partial charge in [0.2, 0.25) is 5.91 Å². The molecule has 1 N–H and O–H groups in total. The molecule has 1 fully saturated rings. The van der Waals surface area contributed by atoms with Crippen molar-refractivity contribution in [3.63, 3.8) is 0 Å². The van der Waals surface area contributed by atoms with E-state index in [1.807, 2.05) is 17.0 Å². The van der Waals surface area contributed by atoms with E-state index in [0.29, 0.717) is 11.4 Å². The molecule has 0 bridgehead atoms. The van der Waals surface area contributed by atoms with Crippen LogP contribution in [0.15, 0.2) is 47.1 Å². The monoisotopic (exact) mass is 411 g/mol. The van der Waals surface area contributed by atoms with Crippen molar-refractivity contribution in [2.75, 3.05) is 31.1 Å². The van der Waals surface area contributed by atoms with E-state index in [0.717, 1.165) is 32.4 Å². The standard InChI is InChI=1S/C22H25N3O5/c26-20(10-11-23-21(27)18-9-6-14-29-18)25-15-19(22(28)24-12-4-1-5-13-24)30-17-8-3-2-7-16(17)25/h2-3,6-9,14,19H,1,4-5,10-13,15H2,(H,23,27)/t19-/m0/s1. The number of rotatable bonds is 5. The molecule has 2 aliphatic rings. The molecule has 0 unspecified atom stereocenters. The number of carbonyl (C=O) groups excluding carboxylic acids is 3. The van der Waals surface area contributed by atoms with E-state index in [1.165, 1.54) is 6.26 Å². The van der Waals surface area contributed by atoms with Crippen molar-refractivity contribution in [1.29, 1.82) is 0 Å². The third-order valence-electron chi connectivity index (χ3n) is 5.39. The van der Waals surface area contributed by atoms with Gasteiger partial charge in [0.15, 0.2) is 11.9 Å². The second kappa shape index (κ2) is 9.02. The summed E-state index contributed by atoms with van der Waals surface area (Å²) in [6.07, 6.45) is 3.92. The fraction of sp³-hybridized carbons (Fsp3) is 0.409. The number of hydrogen-bond donors (Lipinski definition) is 1. The molecule has 0 radical (unpaired) electrons. The Bertz CT molecular complexity index is 905. The third-order valence-corrected chi connectivity index (χ3v) is 5.39. The predicted molar refractivity (Wildman–Crippen MR) is 109 cm³/mol. The van der Waals surface area contributed by atoms with E-state index >= 15 is 0 Å². The number of benzene rings is 1. The van der Waals surface area contributed by atoms with Gasteiger partial charge in [0.25, 0.3) is 11.8 Å². The number of fused-ring (bicyclic) bond motifs is 1. The summed E-state index contributed by atoms with van der Waals surface area (Å²) in [5.74, 6) is 0.0989. The van der Waals surface area contributed by atoms with Gasteiger partial charge < -0.3 is 24.3 Å². The Morgan fingerprint density at radius 1 is 1.03 bits per heavy atom. The van der Waals surface area contributed by atoms with Crippen LogP contribution < -0.4 is 15.0 Å². The molecule has 2 aromatic rings. The lowest BCUT2D eigenvalue weighted by Gasteiger charge is -2.37. The highest BCUT2D eigenvalue weighted by Gasteiger charge is 2.36. The maximum absolute atomic E-state index is 13.0. The quantitative estimate of drug-likeness (QED) is 0.814. The minimum atomic E-state index is -0.723. The first-order valence-electron chi connectivity index (χ1n) is 10.3. The van der Waals surface area contributed by atoms with Crippen molar-refractivity contribution in [2.24, 2.45) is 0 Å². The summed E-state index contributed by atoms with van der Waals surface area (Å²) in [5.41, 5.74) is 0.641. The van der Waals surface area contributed by atoms with Gasteiger partial charge in [0.05, 0.1) is 18.5 Å². The molecule has 1 atom stereocenters. The van der Waals surface area contributed by atoms with Crippen LogP contribution >= 0.6 is 0 Å². The zero-order valence-corrected chi connectivity index (χ0v) is 16.7. The minimum Gasteiger partial charge on any atom is -0.476 e. The molecule has 1 aromatic carbocycles. The van der Waals surface area contributed by atoms with Crippen molar-refractivity contribution < 1.29 is 23.5 Å². The van der Waals surface area contributed by atoms with Gasteiger partial charge >= 0.3 is 0 Å². The predicted octanol–water partition coefficient (Wildman–Crippen LogP) is 2.21. The number of anilines is 1. The molecule has 0 aliphatic carbocycles. The van der Waals surface area contributed by atoms with E-state index in [4.69, 9.17) is 9.15 Å². The molecular weight excluding hydrogens is 386 g/mol. The summed E-state index contributed by atoms with van der Waals surface area (Å²) in [6.45, 7) is 1.79. The van der Waals surface area contributed by atoms with Crippen molar-refractivity contribution in [2.45, 2.75) is 31.8 Å². The van der Waals surface area contributed by atoms with Crippen LogP contribution in [-0.2, 0) is 9.59 Å². The normalized spacial score (nSPS) is 18.3. The highest BCUT2D eigenvalue weighted by molar-refractivity contribution is 5.98. The van der Waals surface area contributed by atoms with Gasteiger partial charge in [-0.25, -0.2) is 0 Å². The van der Waals surface area contributed by atoms with Gasteiger partial charge in [-0.3, -0.25) is 14.4 Å². The molecule has 8 heteroatoms. The van der Waals surface area contributed by atoms with Crippen LogP contribution in [0, 0.1) is 0 Å². The van der Waals surface area contributed by atoms with Crippen LogP contribution in [0.1, 0.15) is 36.2 Å². The van der Waals surface area contributed by atoms with E-state index < -0.39 is 6.10 Å². The highest BCUT2D eigenvalue weighted by atomic mass is 16.5. The third kappa shape index (κ3) is 4.32. The van der Waals surface area contributed by atoms with Crippen LogP contribution in [-0.4, -0.2) is 54.9 Å². The Balaban J connectivity index is 1.42. The summed E-state index contributed by atoms with van der Waals surface area (Å²) >= 11 is 0. The van der Waals surface area contributed by atoms with Crippen LogP contribution in [0.2, 0.25) is 0 Å². The average Bonchev–Trinajstić information content (AvgIpc) is 3.33. The molecule has 3 heterocycles. The van der Waals surface area contributed by atoms with Gasteiger partial charge in [-0.05, 0) is 43.5 Å². The van der Waals surface area contributed by atoms with Crippen molar-refractivity contribution in [3.8, 4) is 5.75 Å². The zero-order chi connectivity index (χ0) is 20.9. The Labute approximate surface area is 174 Å². The van der Waals surface area contributed by atoms with Crippen molar-refractivity contribution in [1.82, 2.24) is 10.2 Å². The van der Waals surface area contributed by atoms with Crippen LogP contribution in [0.3, 0.4) is 0 Å². The highest BCUT2D eigenvalue weighted by Crippen LogP contribution is 2.34. The largest absolute Gasteiger partial charge is 0.476 e. The molecule has 30 heavy (non-hydrogen) atoms. The average molecular weight is 411 g/mol. The first kappa shape index (κ1) is 20.0. The van der Waals surface area contributed by atoms with Crippen molar-refractivity contribution >= 4 is 23.4 Å². The van der Waals surface area contributed by atoms with Gasteiger partial charge in [-0.15, -0.1) is 0 Å². The number of nitrogens with zero attached hydrogens (tertiary/aromatic N) is 2.